The van der Waals surface area contributed by atoms with Gasteiger partial charge in [-0.1, -0.05) is 31.4 Å². The highest BCUT2D eigenvalue weighted by molar-refractivity contribution is 5.95. The number of nitrogens with one attached hydrogen (secondary N) is 4. The van der Waals surface area contributed by atoms with Crippen LogP contribution in [0.3, 0.4) is 0 Å². The molecule has 1 saturated heterocycles. The van der Waals surface area contributed by atoms with Gasteiger partial charge in [-0.25, -0.2) is 4.39 Å². The van der Waals surface area contributed by atoms with Crippen molar-refractivity contribution in [2.24, 2.45) is 11.7 Å². The van der Waals surface area contributed by atoms with Crippen LogP contribution in [0.1, 0.15) is 64.4 Å². The Hall–Kier alpha value is -3.17. The van der Waals surface area contributed by atoms with Gasteiger partial charge in [0.25, 0.3) is 0 Å². The van der Waals surface area contributed by atoms with Crippen molar-refractivity contribution in [2.75, 3.05) is 65.8 Å². The summed E-state index contributed by atoms with van der Waals surface area (Å²) in [6, 6.07) is 2.80. The van der Waals surface area contributed by atoms with Gasteiger partial charge in [0.15, 0.2) is 0 Å². The van der Waals surface area contributed by atoms with E-state index in [-0.39, 0.29) is 35.9 Å². The highest BCUT2D eigenvalue weighted by Gasteiger charge is 2.41. The summed E-state index contributed by atoms with van der Waals surface area (Å²) in [6.45, 7) is 7.91. The number of carbonyl (C=O) groups excluding carboxylic acids is 4. The highest BCUT2D eigenvalue weighted by atomic mass is 19.1. The van der Waals surface area contributed by atoms with E-state index in [2.05, 4.69) is 21.3 Å². The number of likely N-dealkylation sites (tertiary alicyclic amines) is 1. The summed E-state index contributed by atoms with van der Waals surface area (Å²) in [5.74, 6) is -1.76. The average Bonchev–Trinajstić information content (AvgIpc) is 3.60. The Kier molecular flexibility index (Phi) is 18.5. The lowest BCUT2D eigenvalue weighted by Crippen LogP contribution is -2.59. The fraction of sp³-hybridized carbons (Fsp3) is 0.714. The third-order valence-electron chi connectivity index (χ3n) is 8.96. The van der Waals surface area contributed by atoms with Crippen molar-refractivity contribution < 1.29 is 37.8 Å². The molecule has 1 heterocycles. The fourth-order valence-electron chi connectivity index (χ4n) is 6.31. The minimum atomic E-state index is -0.895. The molecule has 0 bridgehead atoms. The molecular formula is C35H57FN6O7. The second kappa shape index (κ2) is 22.5. The Morgan fingerprint density at radius 3 is 2.18 bits per heavy atom. The maximum Gasteiger partial charge on any atom is 0.246 e. The predicted molar refractivity (Wildman–Crippen MR) is 183 cm³/mol. The molecule has 13 nitrogen and oxygen atoms in total. The molecule has 1 aliphatic carbocycles. The topological polar surface area (TPSA) is 173 Å². The highest BCUT2D eigenvalue weighted by Crippen LogP contribution is 2.29. The molecule has 2 aliphatic rings. The molecule has 2 fully saturated rings. The van der Waals surface area contributed by atoms with Crippen LogP contribution in [-0.2, 0) is 39.8 Å². The van der Waals surface area contributed by atoms with E-state index in [0.29, 0.717) is 84.2 Å². The van der Waals surface area contributed by atoms with E-state index >= 15 is 0 Å². The molecular weight excluding hydrogens is 635 g/mol. The number of hydrogen-bond donors (Lipinski definition) is 5. The summed E-state index contributed by atoms with van der Waals surface area (Å²) < 4.78 is 29.7. The Morgan fingerprint density at radius 1 is 0.878 bits per heavy atom. The van der Waals surface area contributed by atoms with E-state index in [1.807, 2.05) is 0 Å². The number of nitrogens with zero attached hydrogens (tertiary/aromatic N) is 1. The Balaban J connectivity index is 1.56. The molecule has 0 radical (unpaired) electrons. The number of nitrogens with two attached hydrogens (primary N) is 1. The number of carbonyl (C=O) groups is 4. The first kappa shape index (κ1) is 40.3. The van der Waals surface area contributed by atoms with Crippen molar-refractivity contribution in [3.8, 4) is 0 Å². The number of ether oxygens (including phenoxy) is 3. The van der Waals surface area contributed by atoms with Gasteiger partial charge < -0.3 is 46.1 Å². The van der Waals surface area contributed by atoms with Crippen LogP contribution in [0.4, 0.5) is 4.39 Å². The number of halogens is 1. The quantitative estimate of drug-likeness (QED) is 0.111. The van der Waals surface area contributed by atoms with Gasteiger partial charge in [0.2, 0.25) is 23.6 Å². The van der Waals surface area contributed by atoms with Crippen molar-refractivity contribution in [1.82, 2.24) is 26.2 Å². The van der Waals surface area contributed by atoms with Crippen molar-refractivity contribution in [3.63, 3.8) is 0 Å². The SMILES string of the molecule is CCNC(=O)C(Cc1ccc(F)cc1)NC(=O)[C@@H]1CCCN1C(=O)C(NC(=O)C(C)NCCOCCOCCOCCN)C1CCCCC1. The summed E-state index contributed by atoms with van der Waals surface area (Å²) in [5.41, 5.74) is 6.07. The van der Waals surface area contributed by atoms with E-state index in [0.717, 1.165) is 32.1 Å². The molecule has 3 unspecified atom stereocenters. The molecule has 4 amide bonds. The van der Waals surface area contributed by atoms with E-state index < -0.39 is 30.1 Å². The molecule has 1 aromatic rings. The Bertz CT molecular complexity index is 1150. The fourth-order valence-corrected chi connectivity index (χ4v) is 6.31. The largest absolute Gasteiger partial charge is 0.378 e. The van der Waals surface area contributed by atoms with Crippen molar-refractivity contribution in [3.05, 3.63) is 35.6 Å². The summed E-state index contributed by atoms with van der Waals surface area (Å²) in [4.78, 5) is 55.7. The van der Waals surface area contributed by atoms with Gasteiger partial charge in [-0.3, -0.25) is 19.2 Å². The first-order chi connectivity index (χ1) is 23.7. The van der Waals surface area contributed by atoms with E-state index in [1.54, 1.807) is 30.9 Å². The van der Waals surface area contributed by atoms with Gasteiger partial charge in [-0.2, -0.15) is 0 Å². The van der Waals surface area contributed by atoms with Gasteiger partial charge in [-0.05, 0) is 63.1 Å². The third-order valence-corrected chi connectivity index (χ3v) is 8.96. The number of likely N-dealkylation sites (N-methyl/N-ethyl adjacent to an activating group) is 1. The number of hydrogen-bond acceptors (Lipinski definition) is 9. The Labute approximate surface area is 289 Å². The second-order valence-electron chi connectivity index (χ2n) is 12.7. The number of rotatable bonds is 22. The van der Waals surface area contributed by atoms with Gasteiger partial charge in [0.05, 0.1) is 45.7 Å². The van der Waals surface area contributed by atoms with Crippen LogP contribution in [-0.4, -0.2) is 119 Å². The predicted octanol–water partition coefficient (Wildman–Crippen LogP) is 1.03. The van der Waals surface area contributed by atoms with Crippen LogP contribution in [0.25, 0.3) is 0 Å². The summed E-state index contributed by atoms with van der Waals surface area (Å²) in [7, 11) is 0. The maximum atomic E-state index is 14.2. The molecule has 276 valence electrons. The standard InChI is InChI=1S/C35H57FN6O7/c1-3-38-33(44)29(24-26-11-13-28(36)14-12-26)40-34(45)30-10-7-17-42(30)35(46)31(27-8-5-4-6-9-27)41-32(43)25(2)39-16-19-48-21-23-49-22-20-47-18-15-37/h11-14,25,27,29-31,39H,3-10,15-24,37H2,1-2H3,(H,38,44)(H,40,45)(H,41,43)/t25?,29?,30-,31?/m0/s1. The normalized spacial score (nSPS) is 18.4. The smallest absolute Gasteiger partial charge is 0.246 e. The average molecular weight is 693 g/mol. The molecule has 1 aromatic carbocycles. The lowest BCUT2D eigenvalue weighted by atomic mass is 9.83. The molecule has 4 atom stereocenters. The molecule has 49 heavy (non-hydrogen) atoms. The minimum absolute atomic E-state index is 0.0349. The molecule has 6 N–H and O–H groups in total. The third kappa shape index (κ3) is 13.9. The first-order valence-electron chi connectivity index (χ1n) is 17.8. The van der Waals surface area contributed by atoms with E-state index in [1.165, 1.54) is 12.1 Å². The number of benzene rings is 1. The number of amides is 4. The van der Waals surface area contributed by atoms with E-state index in [9.17, 15) is 23.6 Å². The molecule has 1 saturated carbocycles. The lowest BCUT2D eigenvalue weighted by molar-refractivity contribution is -0.143. The first-order valence-corrected chi connectivity index (χ1v) is 17.8. The van der Waals surface area contributed by atoms with Crippen LogP contribution >= 0.6 is 0 Å². The van der Waals surface area contributed by atoms with Crippen LogP contribution in [0.5, 0.6) is 0 Å². The Morgan fingerprint density at radius 2 is 1.53 bits per heavy atom. The zero-order valence-electron chi connectivity index (χ0n) is 29.2. The summed E-state index contributed by atoms with van der Waals surface area (Å²) in [5, 5.41) is 11.8. The molecule has 0 aromatic heterocycles. The summed E-state index contributed by atoms with van der Waals surface area (Å²) >= 11 is 0. The minimum Gasteiger partial charge on any atom is -0.378 e. The zero-order valence-corrected chi connectivity index (χ0v) is 29.2. The second-order valence-corrected chi connectivity index (χ2v) is 12.7. The van der Waals surface area contributed by atoms with Crippen LogP contribution in [0.15, 0.2) is 24.3 Å². The molecule has 1 aliphatic heterocycles. The van der Waals surface area contributed by atoms with Crippen molar-refractivity contribution >= 4 is 23.6 Å². The van der Waals surface area contributed by atoms with Gasteiger partial charge in [0, 0.05) is 32.6 Å². The van der Waals surface area contributed by atoms with Gasteiger partial charge >= 0.3 is 0 Å². The zero-order chi connectivity index (χ0) is 35.4. The molecule has 3 rings (SSSR count). The summed E-state index contributed by atoms with van der Waals surface area (Å²) in [6.07, 6.45) is 5.92. The van der Waals surface area contributed by atoms with Gasteiger partial charge in [0.1, 0.15) is 23.9 Å². The van der Waals surface area contributed by atoms with E-state index in [4.69, 9.17) is 19.9 Å². The van der Waals surface area contributed by atoms with Crippen molar-refractivity contribution in [2.45, 2.75) is 89.4 Å². The molecule has 0 spiro atoms. The monoisotopic (exact) mass is 692 g/mol. The van der Waals surface area contributed by atoms with Crippen molar-refractivity contribution in [1.29, 1.82) is 0 Å². The van der Waals surface area contributed by atoms with Crippen LogP contribution < -0.4 is 27.0 Å². The van der Waals surface area contributed by atoms with Crippen LogP contribution in [0.2, 0.25) is 0 Å². The lowest BCUT2D eigenvalue weighted by Gasteiger charge is -2.35. The van der Waals surface area contributed by atoms with Crippen LogP contribution in [0, 0.1) is 11.7 Å². The van der Waals surface area contributed by atoms with Gasteiger partial charge in [-0.15, -0.1) is 0 Å². The maximum absolute atomic E-state index is 14.2. The molecule has 14 heteroatoms.